The smallest absolute Gasteiger partial charge is 0.186 e. The fourth-order valence-corrected chi connectivity index (χ4v) is 2.64. The van der Waals surface area contributed by atoms with Gasteiger partial charge in [0, 0.05) is 6.54 Å². The van der Waals surface area contributed by atoms with Crippen molar-refractivity contribution in [2.45, 2.75) is 20.5 Å². The Balaban J connectivity index is 2.13. The molecule has 0 saturated carbocycles. The summed E-state index contributed by atoms with van der Waals surface area (Å²) < 4.78 is 24.5. The van der Waals surface area contributed by atoms with Crippen LogP contribution in [0.1, 0.15) is 25.0 Å². The van der Waals surface area contributed by atoms with E-state index in [1.165, 1.54) is 12.1 Å². The molecule has 2 N–H and O–H groups in total. The van der Waals surface area contributed by atoms with Crippen molar-refractivity contribution in [3.63, 3.8) is 0 Å². The Bertz CT molecular complexity index is 800. The number of halogens is 2. The molecule has 2 aromatic rings. The second kappa shape index (κ2) is 10.7. The average Bonchev–Trinajstić information content (AvgIpc) is 2.63. The lowest BCUT2D eigenvalue weighted by atomic mass is 10.2. The fourth-order valence-electron chi connectivity index (χ4n) is 2.17. The predicted octanol–water partition coefficient (Wildman–Crippen LogP) is 4.27. The molecular weight excluding hydrogens is 389 g/mol. The van der Waals surface area contributed by atoms with Gasteiger partial charge in [0.05, 0.1) is 17.8 Å². The highest BCUT2D eigenvalue weighted by Gasteiger charge is 2.12. The van der Waals surface area contributed by atoms with Crippen molar-refractivity contribution in [2.24, 2.45) is 5.10 Å². The van der Waals surface area contributed by atoms with E-state index in [1.54, 1.807) is 30.5 Å². The second-order valence-electron chi connectivity index (χ2n) is 5.41. The molecule has 2 aromatic carbocycles. The standard InChI is InChI=1S/C19H21ClFN3O2S/c1-3-22-19(27)24-23-11-14-9-16(20)18(17(10-14)25-4-2)26-12-13-5-7-15(21)8-6-13/h5-11H,3-4,12H2,1-2H3,(H2,22,24,27)/b23-11+. The Morgan fingerprint density at radius 2 is 1.96 bits per heavy atom. The third kappa shape index (κ3) is 6.69. The van der Waals surface area contributed by atoms with E-state index in [4.69, 9.17) is 33.3 Å². The quantitative estimate of drug-likeness (QED) is 0.387. The molecule has 0 aliphatic carbocycles. The zero-order valence-electron chi connectivity index (χ0n) is 15.1. The van der Waals surface area contributed by atoms with Crippen molar-refractivity contribution >= 4 is 35.1 Å². The molecule has 0 spiro atoms. The largest absolute Gasteiger partial charge is 0.490 e. The third-order valence-electron chi connectivity index (χ3n) is 3.35. The van der Waals surface area contributed by atoms with Crippen LogP contribution in [0.15, 0.2) is 41.5 Å². The Morgan fingerprint density at radius 3 is 2.63 bits per heavy atom. The van der Waals surface area contributed by atoms with Gasteiger partial charge < -0.3 is 14.8 Å². The van der Waals surface area contributed by atoms with Crippen molar-refractivity contribution in [3.05, 3.63) is 58.4 Å². The van der Waals surface area contributed by atoms with E-state index in [2.05, 4.69) is 15.8 Å². The normalized spacial score (nSPS) is 10.7. The molecule has 0 bridgehead atoms. The van der Waals surface area contributed by atoms with Crippen molar-refractivity contribution in [1.82, 2.24) is 10.7 Å². The van der Waals surface area contributed by atoms with E-state index < -0.39 is 0 Å². The zero-order chi connectivity index (χ0) is 19.6. The van der Waals surface area contributed by atoms with Gasteiger partial charge in [-0.25, -0.2) is 4.39 Å². The molecule has 144 valence electrons. The van der Waals surface area contributed by atoms with Crippen LogP contribution in [-0.2, 0) is 6.61 Å². The number of benzene rings is 2. The summed E-state index contributed by atoms with van der Waals surface area (Å²) >= 11 is 11.4. The molecule has 0 amide bonds. The topological polar surface area (TPSA) is 54.9 Å². The zero-order valence-corrected chi connectivity index (χ0v) is 16.7. The predicted molar refractivity (Wildman–Crippen MR) is 110 cm³/mol. The van der Waals surface area contributed by atoms with Gasteiger partial charge in [-0.15, -0.1) is 0 Å². The average molecular weight is 410 g/mol. The number of hydrogen-bond donors (Lipinski definition) is 2. The van der Waals surface area contributed by atoms with Gasteiger partial charge in [0.15, 0.2) is 16.6 Å². The van der Waals surface area contributed by atoms with Crippen LogP contribution < -0.4 is 20.2 Å². The highest BCUT2D eigenvalue weighted by atomic mass is 35.5. The third-order valence-corrected chi connectivity index (χ3v) is 3.86. The maximum absolute atomic E-state index is 13.0. The minimum atomic E-state index is -0.294. The van der Waals surface area contributed by atoms with Crippen molar-refractivity contribution in [1.29, 1.82) is 0 Å². The van der Waals surface area contributed by atoms with E-state index >= 15 is 0 Å². The fraction of sp³-hybridized carbons (Fsp3) is 0.263. The summed E-state index contributed by atoms with van der Waals surface area (Å²) in [5.74, 6) is 0.636. The molecule has 0 aliphatic rings. The van der Waals surface area contributed by atoms with Gasteiger partial charge in [-0.05, 0) is 61.5 Å². The first-order valence-corrected chi connectivity index (χ1v) is 9.22. The Kier molecular flexibility index (Phi) is 8.29. The molecule has 8 heteroatoms. The summed E-state index contributed by atoms with van der Waals surface area (Å²) in [5.41, 5.74) is 4.26. The summed E-state index contributed by atoms with van der Waals surface area (Å²) in [4.78, 5) is 0. The van der Waals surface area contributed by atoms with Crippen LogP contribution in [0.5, 0.6) is 11.5 Å². The van der Waals surface area contributed by atoms with Crippen LogP contribution in [0.2, 0.25) is 5.02 Å². The van der Waals surface area contributed by atoms with Gasteiger partial charge in [0.25, 0.3) is 0 Å². The molecule has 0 atom stereocenters. The maximum Gasteiger partial charge on any atom is 0.186 e. The molecule has 0 aliphatic heterocycles. The SMILES string of the molecule is CCNC(=S)N/N=C/c1cc(Cl)c(OCc2ccc(F)cc2)c(OCC)c1. The molecule has 0 heterocycles. The van der Waals surface area contributed by atoms with Crippen LogP contribution in [0.25, 0.3) is 0 Å². The summed E-state index contributed by atoms with van der Waals surface area (Å²) in [6, 6.07) is 9.57. The molecule has 0 radical (unpaired) electrons. The number of nitrogens with one attached hydrogen (secondary N) is 2. The van der Waals surface area contributed by atoms with Crippen LogP contribution in [0.3, 0.4) is 0 Å². The molecule has 2 rings (SSSR count). The van der Waals surface area contributed by atoms with Gasteiger partial charge in [0.2, 0.25) is 0 Å². The van der Waals surface area contributed by atoms with Crippen molar-refractivity contribution in [2.75, 3.05) is 13.2 Å². The summed E-state index contributed by atoms with van der Waals surface area (Å²) in [6.45, 7) is 5.21. The lowest BCUT2D eigenvalue weighted by molar-refractivity contribution is 0.269. The summed E-state index contributed by atoms with van der Waals surface area (Å²) in [6.07, 6.45) is 1.59. The number of hydrogen-bond acceptors (Lipinski definition) is 4. The summed E-state index contributed by atoms with van der Waals surface area (Å²) in [5, 5.41) is 7.82. The highest BCUT2D eigenvalue weighted by Crippen LogP contribution is 2.36. The molecule has 0 saturated heterocycles. The lowest BCUT2D eigenvalue weighted by Crippen LogP contribution is -2.31. The number of hydrazone groups is 1. The lowest BCUT2D eigenvalue weighted by Gasteiger charge is -2.14. The van der Waals surface area contributed by atoms with Crippen LogP contribution in [-0.4, -0.2) is 24.5 Å². The first-order valence-electron chi connectivity index (χ1n) is 8.44. The second-order valence-corrected chi connectivity index (χ2v) is 6.22. The minimum absolute atomic E-state index is 0.242. The molecule has 27 heavy (non-hydrogen) atoms. The van der Waals surface area contributed by atoms with Crippen LogP contribution >= 0.6 is 23.8 Å². The monoisotopic (exact) mass is 409 g/mol. The van der Waals surface area contributed by atoms with Crippen molar-refractivity contribution in [3.8, 4) is 11.5 Å². The van der Waals surface area contributed by atoms with Crippen molar-refractivity contribution < 1.29 is 13.9 Å². The Labute approximate surface area is 168 Å². The van der Waals surface area contributed by atoms with Crippen LogP contribution in [0, 0.1) is 5.82 Å². The maximum atomic E-state index is 13.0. The Hall–Kier alpha value is -2.38. The first-order chi connectivity index (χ1) is 13.0. The molecule has 0 unspecified atom stereocenters. The highest BCUT2D eigenvalue weighted by molar-refractivity contribution is 7.80. The van der Waals surface area contributed by atoms with E-state index in [1.807, 2.05) is 13.8 Å². The minimum Gasteiger partial charge on any atom is -0.490 e. The molecule has 0 fully saturated rings. The van der Waals surface area contributed by atoms with E-state index in [0.29, 0.717) is 34.8 Å². The molecule has 0 aromatic heterocycles. The molecular formula is C19H21ClFN3O2S. The number of ether oxygens (including phenoxy) is 2. The van der Waals surface area contributed by atoms with Gasteiger partial charge in [-0.3, -0.25) is 5.43 Å². The van der Waals surface area contributed by atoms with Gasteiger partial charge in [-0.2, -0.15) is 5.10 Å². The van der Waals surface area contributed by atoms with Gasteiger partial charge >= 0.3 is 0 Å². The van der Waals surface area contributed by atoms with Crippen LogP contribution in [0.4, 0.5) is 4.39 Å². The van der Waals surface area contributed by atoms with E-state index in [9.17, 15) is 4.39 Å². The number of thiocarbonyl (C=S) groups is 1. The molecule has 5 nitrogen and oxygen atoms in total. The van der Waals surface area contributed by atoms with E-state index in [-0.39, 0.29) is 12.4 Å². The Morgan fingerprint density at radius 1 is 1.22 bits per heavy atom. The van der Waals surface area contributed by atoms with Gasteiger partial charge in [-0.1, -0.05) is 23.7 Å². The number of rotatable bonds is 8. The summed E-state index contributed by atoms with van der Waals surface area (Å²) in [7, 11) is 0. The van der Waals surface area contributed by atoms with Gasteiger partial charge in [0.1, 0.15) is 12.4 Å². The van der Waals surface area contributed by atoms with E-state index in [0.717, 1.165) is 11.1 Å². The first kappa shape index (κ1) is 20.9. The number of nitrogens with zero attached hydrogens (tertiary/aromatic N) is 1.